The topological polar surface area (TPSA) is 51.4 Å². The van der Waals surface area contributed by atoms with Gasteiger partial charge in [-0.2, -0.15) is 0 Å². The lowest BCUT2D eigenvalue weighted by Crippen LogP contribution is -2.26. The summed E-state index contributed by atoms with van der Waals surface area (Å²) in [6.45, 7) is 3.95. The minimum atomic E-state index is 0.132. The van der Waals surface area contributed by atoms with Gasteiger partial charge in [0, 0.05) is 31.6 Å². The zero-order valence-electron chi connectivity index (χ0n) is 12.7. The Bertz CT molecular complexity index is 626. The largest absolute Gasteiger partial charge is 0.380 e. The van der Waals surface area contributed by atoms with Crippen LogP contribution in [0.4, 0.5) is 5.82 Å². The molecular formula is C17H23N3O. The molecule has 1 aliphatic heterocycles. The number of methoxy groups -OCH3 is 1. The SMILES string of the molecule is COC1CCN(c2nc3ccccc3cc2CC(C)N)C1. The highest BCUT2D eigenvalue weighted by Crippen LogP contribution is 2.28. The highest BCUT2D eigenvalue weighted by molar-refractivity contribution is 5.82. The van der Waals surface area contributed by atoms with Crippen molar-refractivity contribution in [1.29, 1.82) is 0 Å². The molecule has 2 aromatic rings. The van der Waals surface area contributed by atoms with Gasteiger partial charge in [0.2, 0.25) is 0 Å². The van der Waals surface area contributed by atoms with E-state index in [-0.39, 0.29) is 6.04 Å². The molecule has 1 aliphatic rings. The maximum Gasteiger partial charge on any atom is 0.132 e. The van der Waals surface area contributed by atoms with Gasteiger partial charge in [0.25, 0.3) is 0 Å². The van der Waals surface area contributed by atoms with Gasteiger partial charge in [0.05, 0.1) is 11.6 Å². The van der Waals surface area contributed by atoms with Crippen LogP contribution in [0.1, 0.15) is 18.9 Å². The number of anilines is 1. The lowest BCUT2D eigenvalue weighted by atomic mass is 10.1. The first kappa shape index (κ1) is 14.3. The number of hydrogen-bond acceptors (Lipinski definition) is 4. The molecule has 112 valence electrons. The van der Waals surface area contributed by atoms with E-state index in [1.54, 1.807) is 7.11 Å². The van der Waals surface area contributed by atoms with Crippen LogP contribution in [0.5, 0.6) is 0 Å². The van der Waals surface area contributed by atoms with Crippen LogP contribution >= 0.6 is 0 Å². The minimum absolute atomic E-state index is 0.132. The summed E-state index contributed by atoms with van der Waals surface area (Å²) in [4.78, 5) is 7.23. The van der Waals surface area contributed by atoms with Gasteiger partial charge < -0.3 is 15.4 Å². The Labute approximate surface area is 125 Å². The fourth-order valence-corrected chi connectivity index (χ4v) is 3.03. The molecule has 1 aromatic carbocycles. The molecule has 2 N–H and O–H groups in total. The van der Waals surface area contributed by atoms with Crippen LogP contribution in [0.15, 0.2) is 30.3 Å². The van der Waals surface area contributed by atoms with Crippen LogP contribution < -0.4 is 10.6 Å². The molecule has 2 unspecified atom stereocenters. The molecule has 2 atom stereocenters. The Hall–Kier alpha value is -1.65. The van der Waals surface area contributed by atoms with E-state index in [1.165, 1.54) is 10.9 Å². The van der Waals surface area contributed by atoms with E-state index in [9.17, 15) is 0 Å². The van der Waals surface area contributed by atoms with Crippen molar-refractivity contribution in [3.8, 4) is 0 Å². The number of ether oxygens (including phenoxy) is 1. The molecular weight excluding hydrogens is 262 g/mol. The fraction of sp³-hybridized carbons (Fsp3) is 0.471. The van der Waals surface area contributed by atoms with E-state index in [0.717, 1.165) is 37.3 Å². The summed E-state index contributed by atoms with van der Waals surface area (Å²) in [6, 6.07) is 10.6. The molecule has 0 spiro atoms. The zero-order valence-corrected chi connectivity index (χ0v) is 12.7. The smallest absolute Gasteiger partial charge is 0.132 e. The molecule has 2 heterocycles. The zero-order chi connectivity index (χ0) is 14.8. The highest BCUT2D eigenvalue weighted by atomic mass is 16.5. The van der Waals surface area contributed by atoms with E-state index in [0.29, 0.717) is 6.10 Å². The van der Waals surface area contributed by atoms with Crippen molar-refractivity contribution >= 4 is 16.7 Å². The number of aromatic nitrogens is 1. The Morgan fingerprint density at radius 2 is 2.24 bits per heavy atom. The average Bonchev–Trinajstić information content (AvgIpc) is 2.94. The number of nitrogens with two attached hydrogens (primary N) is 1. The van der Waals surface area contributed by atoms with Gasteiger partial charge in [-0.05, 0) is 37.5 Å². The molecule has 1 saturated heterocycles. The number of nitrogens with zero attached hydrogens (tertiary/aromatic N) is 2. The summed E-state index contributed by atoms with van der Waals surface area (Å²) < 4.78 is 5.48. The highest BCUT2D eigenvalue weighted by Gasteiger charge is 2.25. The summed E-state index contributed by atoms with van der Waals surface area (Å²) in [5.41, 5.74) is 8.30. The second-order valence-electron chi connectivity index (χ2n) is 5.94. The summed E-state index contributed by atoms with van der Waals surface area (Å²) in [5, 5.41) is 1.18. The van der Waals surface area contributed by atoms with Crippen molar-refractivity contribution in [2.75, 3.05) is 25.1 Å². The van der Waals surface area contributed by atoms with Crippen molar-refractivity contribution in [3.63, 3.8) is 0 Å². The molecule has 0 saturated carbocycles. The molecule has 0 amide bonds. The van der Waals surface area contributed by atoms with Crippen molar-refractivity contribution in [2.45, 2.75) is 31.9 Å². The second-order valence-corrected chi connectivity index (χ2v) is 5.94. The molecule has 1 aromatic heterocycles. The van der Waals surface area contributed by atoms with Crippen LogP contribution in [-0.4, -0.2) is 37.3 Å². The second kappa shape index (κ2) is 6.00. The van der Waals surface area contributed by atoms with Crippen molar-refractivity contribution < 1.29 is 4.74 Å². The van der Waals surface area contributed by atoms with Crippen LogP contribution in [0.3, 0.4) is 0 Å². The Morgan fingerprint density at radius 1 is 1.43 bits per heavy atom. The van der Waals surface area contributed by atoms with Gasteiger partial charge in [-0.15, -0.1) is 0 Å². The van der Waals surface area contributed by atoms with Crippen molar-refractivity contribution in [3.05, 3.63) is 35.9 Å². The first-order chi connectivity index (χ1) is 10.2. The number of pyridine rings is 1. The van der Waals surface area contributed by atoms with Gasteiger partial charge in [0.15, 0.2) is 0 Å². The molecule has 4 nitrogen and oxygen atoms in total. The van der Waals surface area contributed by atoms with Gasteiger partial charge in [-0.25, -0.2) is 4.98 Å². The number of rotatable bonds is 4. The maximum atomic E-state index is 6.02. The quantitative estimate of drug-likeness (QED) is 0.937. The fourth-order valence-electron chi connectivity index (χ4n) is 3.03. The first-order valence-electron chi connectivity index (χ1n) is 7.59. The predicted molar refractivity (Wildman–Crippen MR) is 86.7 cm³/mol. The minimum Gasteiger partial charge on any atom is -0.380 e. The van der Waals surface area contributed by atoms with Crippen molar-refractivity contribution in [1.82, 2.24) is 4.98 Å². The molecule has 3 rings (SSSR count). The normalized spacial score (nSPS) is 20.1. The summed E-state index contributed by atoms with van der Waals surface area (Å²) in [6.07, 6.45) is 2.21. The van der Waals surface area contributed by atoms with E-state index >= 15 is 0 Å². The molecule has 0 radical (unpaired) electrons. The third-order valence-electron chi connectivity index (χ3n) is 4.10. The van der Waals surface area contributed by atoms with Crippen LogP contribution in [0, 0.1) is 0 Å². The standard InChI is InChI=1S/C17H23N3O/c1-12(18)9-14-10-13-5-3-4-6-16(13)19-17(14)20-8-7-15(11-20)21-2/h3-6,10,12,15H,7-9,11,18H2,1-2H3. The van der Waals surface area contributed by atoms with Crippen LogP contribution in [0.2, 0.25) is 0 Å². The monoisotopic (exact) mass is 285 g/mol. The van der Waals surface area contributed by atoms with Gasteiger partial charge in [-0.1, -0.05) is 18.2 Å². The molecule has 4 heteroatoms. The number of hydrogen-bond donors (Lipinski definition) is 1. The summed E-state index contributed by atoms with van der Waals surface area (Å²) >= 11 is 0. The Balaban J connectivity index is 2.01. The Morgan fingerprint density at radius 3 is 2.95 bits per heavy atom. The summed E-state index contributed by atoms with van der Waals surface area (Å²) in [7, 11) is 1.78. The van der Waals surface area contributed by atoms with Crippen LogP contribution in [0.25, 0.3) is 10.9 Å². The first-order valence-corrected chi connectivity index (χ1v) is 7.59. The third kappa shape index (κ3) is 3.01. The maximum absolute atomic E-state index is 6.02. The van der Waals surface area contributed by atoms with Gasteiger partial charge in [-0.3, -0.25) is 0 Å². The van der Waals surface area contributed by atoms with E-state index in [4.69, 9.17) is 15.5 Å². The number of benzene rings is 1. The molecule has 21 heavy (non-hydrogen) atoms. The molecule has 1 fully saturated rings. The van der Waals surface area contributed by atoms with Crippen molar-refractivity contribution in [2.24, 2.45) is 5.73 Å². The third-order valence-corrected chi connectivity index (χ3v) is 4.10. The number of fused-ring (bicyclic) bond motifs is 1. The van der Waals surface area contributed by atoms with Gasteiger partial charge >= 0.3 is 0 Å². The van der Waals surface area contributed by atoms with Gasteiger partial charge in [0.1, 0.15) is 5.82 Å². The predicted octanol–water partition coefficient (Wildman–Crippen LogP) is 2.35. The van der Waals surface area contributed by atoms with E-state index < -0.39 is 0 Å². The van der Waals surface area contributed by atoms with Crippen LogP contribution in [-0.2, 0) is 11.2 Å². The van der Waals surface area contributed by atoms with E-state index in [2.05, 4.69) is 29.2 Å². The average molecular weight is 285 g/mol. The molecule has 0 aliphatic carbocycles. The Kier molecular flexibility index (Phi) is 4.08. The van der Waals surface area contributed by atoms with E-state index in [1.807, 2.05) is 13.0 Å². The summed E-state index contributed by atoms with van der Waals surface area (Å²) in [5.74, 6) is 1.07. The lowest BCUT2D eigenvalue weighted by Gasteiger charge is -2.22. The molecule has 0 bridgehead atoms. The number of para-hydroxylation sites is 1. The lowest BCUT2D eigenvalue weighted by molar-refractivity contribution is 0.121.